The van der Waals surface area contributed by atoms with E-state index in [0.29, 0.717) is 11.9 Å². The lowest BCUT2D eigenvalue weighted by molar-refractivity contribution is 0.201. The number of pyridine rings is 1. The molecular weight excluding hydrogens is 255 g/mol. The quantitative estimate of drug-likeness (QED) is 0.760. The zero-order valence-corrected chi connectivity index (χ0v) is 11.4. The Kier molecular flexibility index (Phi) is 5.08. The summed E-state index contributed by atoms with van der Waals surface area (Å²) in [6.45, 7) is 1.82. The van der Waals surface area contributed by atoms with Crippen molar-refractivity contribution >= 4 is 23.2 Å². The van der Waals surface area contributed by atoms with Crippen LogP contribution in [0.25, 0.3) is 0 Å². The smallest absolute Gasteiger partial charge is 0.0634 e. The van der Waals surface area contributed by atoms with Gasteiger partial charge in [-0.3, -0.25) is 9.88 Å². The molecule has 0 bridgehead atoms. The maximum Gasteiger partial charge on any atom is 0.0634 e. The van der Waals surface area contributed by atoms with Crippen molar-refractivity contribution in [2.45, 2.75) is 38.3 Å². The summed E-state index contributed by atoms with van der Waals surface area (Å²) >= 11 is 12.0. The summed E-state index contributed by atoms with van der Waals surface area (Å²) in [6, 6.07) is 2.68. The van der Waals surface area contributed by atoms with Crippen molar-refractivity contribution in [1.82, 2.24) is 9.88 Å². The van der Waals surface area contributed by atoms with Crippen LogP contribution in [0.1, 0.15) is 31.2 Å². The minimum absolute atomic E-state index is 0.679. The zero-order valence-electron chi connectivity index (χ0n) is 9.91. The van der Waals surface area contributed by atoms with Gasteiger partial charge >= 0.3 is 0 Å². The standard InChI is InChI=1S/C13H18Cl2N2/c14-6-8-17(12-3-1-2-4-12)10-11-5-7-16-9-13(11)15/h5,7,9,12H,1-4,6,8,10H2. The number of rotatable bonds is 5. The van der Waals surface area contributed by atoms with E-state index in [9.17, 15) is 0 Å². The first-order chi connectivity index (χ1) is 8.31. The van der Waals surface area contributed by atoms with Crippen molar-refractivity contribution in [1.29, 1.82) is 0 Å². The molecule has 0 spiro atoms. The molecule has 0 radical (unpaired) electrons. The molecule has 1 aromatic rings. The fraction of sp³-hybridized carbons (Fsp3) is 0.615. The number of hydrogen-bond donors (Lipinski definition) is 0. The summed E-state index contributed by atoms with van der Waals surface area (Å²) in [5, 5.41) is 0.755. The summed E-state index contributed by atoms with van der Waals surface area (Å²) in [4.78, 5) is 6.48. The van der Waals surface area contributed by atoms with Crippen molar-refractivity contribution in [2.24, 2.45) is 0 Å². The van der Waals surface area contributed by atoms with E-state index < -0.39 is 0 Å². The molecule has 2 rings (SSSR count). The Bertz CT molecular complexity index is 351. The summed E-state index contributed by atoms with van der Waals surface area (Å²) in [5.74, 6) is 0.680. The monoisotopic (exact) mass is 272 g/mol. The van der Waals surface area contributed by atoms with Crippen molar-refractivity contribution in [2.75, 3.05) is 12.4 Å². The van der Waals surface area contributed by atoms with Crippen LogP contribution in [0.5, 0.6) is 0 Å². The van der Waals surface area contributed by atoms with Crippen molar-refractivity contribution in [3.63, 3.8) is 0 Å². The second-order valence-electron chi connectivity index (χ2n) is 4.56. The molecule has 0 N–H and O–H groups in total. The van der Waals surface area contributed by atoms with Gasteiger partial charge in [0.15, 0.2) is 0 Å². The second kappa shape index (κ2) is 6.58. The summed E-state index contributed by atoms with van der Waals surface area (Å²) in [5.41, 5.74) is 1.15. The molecule has 1 aliphatic carbocycles. The Morgan fingerprint density at radius 2 is 2.12 bits per heavy atom. The Labute approximate surface area is 113 Å². The average Bonchev–Trinajstić information content (AvgIpc) is 2.85. The predicted octanol–water partition coefficient (Wildman–Crippen LogP) is 3.72. The summed E-state index contributed by atoms with van der Waals surface area (Å²) in [6.07, 6.45) is 8.78. The molecule has 1 aromatic heterocycles. The predicted molar refractivity (Wildman–Crippen MR) is 72.6 cm³/mol. The van der Waals surface area contributed by atoms with Crippen LogP contribution >= 0.6 is 23.2 Å². The van der Waals surface area contributed by atoms with Crippen LogP contribution in [0.4, 0.5) is 0 Å². The summed E-state index contributed by atoms with van der Waals surface area (Å²) < 4.78 is 0. The molecule has 4 heteroatoms. The van der Waals surface area contributed by atoms with Crippen molar-refractivity contribution in [3.8, 4) is 0 Å². The molecule has 0 saturated heterocycles. The summed E-state index contributed by atoms with van der Waals surface area (Å²) in [7, 11) is 0. The lowest BCUT2D eigenvalue weighted by Gasteiger charge is -2.28. The number of aromatic nitrogens is 1. The minimum Gasteiger partial charge on any atom is -0.295 e. The topological polar surface area (TPSA) is 16.1 Å². The fourth-order valence-electron chi connectivity index (χ4n) is 2.52. The second-order valence-corrected chi connectivity index (χ2v) is 5.35. The SMILES string of the molecule is ClCCN(Cc1ccncc1Cl)C1CCCC1. The van der Waals surface area contributed by atoms with E-state index in [0.717, 1.165) is 23.7 Å². The highest BCUT2D eigenvalue weighted by Gasteiger charge is 2.22. The molecule has 94 valence electrons. The van der Waals surface area contributed by atoms with E-state index >= 15 is 0 Å². The van der Waals surface area contributed by atoms with Gasteiger partial charge in [0.2, 0.25) is 0 Å². The average molecular weight is 273 g/mol. The third kappa shape index (κ3) is 3.57. The van der Waals surface area contributed by atoms with Gasteiger partial charge in [0, 0.05) is 37.4 Å². The first kappa shape index (κ1) is 13.1. The van der Waals surface area contributed by atoms with Crippen LogP contribution in [0, 0.1) is 0 Å². The minimum atomic E-state index is 0.679. The Morgan fingerprint density at radius 1 is 1.35 bits per heavy atom. The van der Waals surface area contributed by atoms with E-state index in [-0.39, 0.29) is 0 Å². The van der Waals surface area contributed by atoms with E-state index in [2.05, 4.69) is 9.88 Å². The van der Waals surface area contributed by atoms with Gasteiger partial charge in [0.05, 0.1) is 5.02 Å². The molecule has 1 aliphatic rings. The number of nitrogens with zero attached hydrogens (tertiary/aromatic N) is 2. The van der Waals surface area contributed by atoms with Crippen LogP contribution in [0.3, 0.4) is 0 Å². The van der Waals surface area contributed by atoms with E-state index in [1.807, 2.05) is 6.07 Å². The first-order valence-corrected chi connectivity index (χ1v) is 7.11. The molecule has 1 saturated carbocycles. The molecule has 1 heterocycles. The highest BCUT2D eigenvalue weighted by Crippen LogP contribution is 2.26. The van der Waals surface area contributed by atoms with Crippen molar-refractivity contribution < 1.29 is 0 Å². The lowest BCUT2D eigenvalue weighted by Crippen LogP contribution is -2.34. The van der Waals surface area contributed by atoms with Gasteiger partial charge in [0.25, 0.3) is 0 Å². The van der Waals surface area contributed by atoms with Gasteiger partial charge < -0.3 is 0 Å². The molecule has 0 amide bonds. The molecule has 1 fully saturated rings. The van der Waals surface area contributed by atoms with Crippen LogP contribution in [0.15, 0.2) is 18.5 Å². The van der Waals surface area contributed by atoms with E-state index in [4.69, 9.17) is 23.2 Å². The maximum atomic E-state index is 6.15. The Hall–Kier alpha value is -0.310. The third-order valence-electron chi connectivity index (χ3n) is 3.44. The van der Waals surface area contributed by atoms with Crippen LogP contribution < -0.4 is 0 Å². The molecule has 2 nitrogen and oxygen atoms in total. The third-order valence-corrected chi connectivity index (χ3v) is 3.95. The van der Waals surface area contributed by atoms with Crippen LogP contribution in [-0.2, 0) is 6.54 Å². The maximum absolute atomic E-state index is 6.15. The van der Waals surface area contributed by atoms with Gasteiger partial charge in [0.1, 0.15) is 0 Å². The molecular formula is C13H18Cl2N2. The number of hydrogen-bond acceptors (Lipinski definition) is 2. The van der Waals surface area contributed by atoms with Gasteiger partial charge in [-0.2, -0.15) is 0 Å². The molecule has 0 aromatic carbocycles. The van der Waals surface area contributed by atoms with E-state index in [1.54, 1.807) is 12.4 Å². The van der Waals surface area contributed by atoms with Crippen LogP contribution in [0.2, 0.25) is 5.02 Å². The lowest BCUT2D eigenvalue weighted by atomic mass is 10.1. The highest BCUT2D eigenvalue weighted by molar-refractivity contribution is 6.31. The molecule has 0 aliphatic heterocycles. The molecule has 17 heavy (non-hydrogen) atoms. The van der Waals surface area contributed by atoms with Gasteiger partial charge in [-0.1, -0.05) is 24.4 Å². The Balaban J connectivity index is 2.04. The zero-order chi connectivity index (χ0) is 12.1. The van der Waals surface area contributed by atoms with Crippen molar-refractivity contribution in [3.05, 3.63) is 29.0 Å². The van der Waals surface area contributed by atoms with Gasteiger partial charge in [-0.05, 0) is 24.5 Å². The normalized spacial score (nSPS) is 16.9. The van der Waals surface area contributed by atoms with E-state index in [1.165, 1.54) is 25.7 Å². The fourth-order valence-corrected chi connectivity index (χ4v) is 2.92. The van der Waals surface area contributed by atoms with Gasteiger partial charge in [-0.15, -0.1) is 11.6 Å². The molecule has 0 atom stereocenters. The van der Waals surface area contributed by atoms with Gasteiger partial charge in [-0.25, -0.2) is 0 Å². The molecule has 0 unspecified atom stereocenters. The van der Waals surface area contributed by atoms with Crippen LogP contribution in [-0.4, -0.2) is 28.4 Å². The largest absolute Gasteiger partial charge is 0.295 e. The number of alkyl halides is 1. The number of halogens is 2. The highest BCUT2D eigenvalue weighted by atomic mass is 35.5. The first-order valence-electron chi connectivity index (χ1n) is 6.19. The Morgan fingerprint density at radius 3 is 2.76 bits per heavy atom.